The maximum atomic E-state index is 4.33. The summed E-state index contributed by atoms with van der Waals surface area (Å²) in [4.78, 5) is 2.07. The van der Waals surface area contributed by atoms with Gasteiger partial charge in [0.25, 0.3) is 0 Å². The molecule has 1 aliphatic heterocycles. The number of rotatable bonds is 3. The maximum Gasteiger partial charge on any atom is 0.0927 e. The maximum absolute atomic E-state index is 4.33. The quantitative estimate of drug-likeness (QED) is 0.445. The summed E-state index contributed by atoms with van der Waals surface area (Å²) in [7, 11) is 6.16. The van der Waals surface area contributed by atoms with Gasteiger partial charge >= 0.3 is 0 Å². The van der Waals surface area contributed by atoms with Gasteiger partial charge in [0.2, 0.25) is 0 Å². The number of hydrogen-bond donors (Lipinski definition) is 0. The van der Waals surface area contributed by atoms with Crippen molar-refractivity contribution in [3.05, 3.63) is 47.8 Å². The molecule has 1 aliphatic rings. The summed E-state index contributed by atoms with van der Waals surface area (Å²) in [5.74, 6) is 0. The second-order valence-corrected chi connectivity index (χ2v) is 7.32. The van der Waals surface area contributed by atoms with Crippen LogP contribution >= 0.6 is 21.0 Å². The molecule has 0 aromatic heterocycles. The lowest BCUT2D eigenvalue weighted by molar-refractivity contribution is 0.756. The molecule has 0 saturated carbocycles. The predicted octanol–water partition coefficient (Wildman–Crippen LogP) is 4.26. The van der Waals surface area contributed by atoms with Crippen LogP contribution in [0.15, 0.2) is 58.0 Å². The third-order valence-corrected chi connectivity index (χ3v) is 5.45. The van der Waals surface area contributed by atoms with Crippen LogP contribution in [0.25, 0.3) is 0 Å². The number of allylic oxidation sites excluding steroid dienone is 4. The third-order valence-electron chi connectivity index (χ3n) is 2.94. The fourth-order valence-corrected chi connectivity index (χ4v) is 3.17. The molecule has 106 valence electrons. The van der Waals surface area contributed by atoms with E-state index in [9.17, 15) is 0 Å². The van der Waals surface area contributed by atoms with E-state index in [2.05, 4.69) is 42.3 Å². The molecule has 5 heteroatoms. The summed E-state index contributed by atoms with van der Waals surface area (Å²) in [5, 5.41) is 8.63. The average molecular weight is 382 g/mol. The Morgan fingerprint density at radius 3 is 2.40 bits per heavy atom. The van der Waals surface area contributed by atoms with Crippen LogP contribution < -0.4 is 4.90 Å². The molecule has 0 aliphatic carbocycles. The highest BCUT2D eigenvalue weighted by atomic mass is 127. The fourth-order valence-electron chi connectivity index (χ4n) is 1.53. The first kappa shape index (κ1) is 14.9. The van der Waals surface area contributed by atoms with Crippen molar-refractivity contribution in [3.63, 3.8) is 0 Å². The van der Waals surface area contributed by atoms with Crippen LogP contribution in [-0.2, 0) is 0 Å². The molecule has 0 amide bonds. The van der Waals surface area contributed by atoms with Crippen LogP contribution in [0.3, 0.4) is 0 Å². The van der Waals surface area contributed by atoms with Crippen molar-refractivity contribution >= 4 is 36.4 Å². The van der Waals surface area contributed by atoms with Gasteiger partial charge in [-0.3, -0.25) is 0 Å². The number of halogens is 1. The van der Waals surface area contributed by atoms with Crippen LogP contribution in [0.2, 0.25) is 0 Å². The molecule has 0 saturated heterocycles. The summed E-state index contributed by atoms with van der Waals surface area (Å²) in [5.41, 5.74) is 4.25. The molecule has 1 heterocycles. The Labute approximate surface area is 130 Å². The molecule has 4 nitrogen and oxygen atoms in total. The Bertz CT molecular complexity index is 582. The minimum atomic E-state index is -0.141. The molecule has 0 radical (unpaired) electrons. The summed E-state index contributed by atoms with van der Waals surface area (Å²) < 4.78 is 4.47. The Hall–Kier alpha value is -1.50. The van der Waals surface area contributed by atoms with Crippen molar-refractivity contribution in [1.82, 2.24) is 3.11 Å². The molecule has 0 unspecified atom stereocenters. The van der Waals surface area contributed by atoms with E-state index < -0.39 is 0 Å². The molecule has 0 atom stereocenters. The molecule has 0 bridgehead atoms. The van der Waals surface area contributed by atoms with Crippen molar-refractivity contribution < 1.29 is 0 Å². The van der Waals surface area contributed by atoms with Crippen LogP contribution in [-0.4, -0.2) is 28.3 Å². The monoisotopic (exact) mass is 382 g/mol. The van der Waals surface area contributed by atoms with Crippen LogP contribution in [0.4, 0.5) is 11.4 Å². The fraction of sp³-hybridized carbons (Fsp3) is 0.267. The van der Waals surface area contributed by atoms with Crippen LogP contribution in [0.1, 0.15) is 6.92 Å². The molecule has 0 N–H and O–H groups in total. The summed E-state index contributed by atoms with van der Waals surface area (Å²) in [6, 6.07) is 8.06. The third kappa shape index (κ3) is 4.00. The zero-order valence-electron chi connectivity index (χ0n) is 12.2. The second kappa shape index (κ2) is 6.78. The lowest BCUT2D eigenvalue weighted by Gasteiger charge is -2.11. The van der Waals surface area contributed by atoms with Gasteiger partial charge in [-0.15, -0.1) is 0 Å². The van der Waals surface area contributed by atoms with E-state index >= 15 is 0 Å². The van der Waals surface area contributed by atoms with Gasteiger partial charge in [0, 0.05) is 57.5 Å². The Balaban J connectivity index is 2.12. The van der Waals surface area contributed by atoms with Crippen molar-refractivity contribution in [1.29, 1.82) is 0 Å². The first-order chi connectivity index (χ1) is 9.56. The minimum Gasteiger partial charge on any atom is -0.378 e. The first-order valence-electron chi connectivity index (χ1n) is 6.34. The van der Waals surface area contributed by atoms with Crippen molar-refractivity contribution in [2.75, 3.05) is 26.0 Å². The molecule has 0 spiro atoms. The normalized spacial score (nSPS) is 15.5. The van der Waals surface area contributed by atoms with Crippen molar-refractivity contribution in [2.45, 2.75) is 6.92 Å². The summed E-state index contributed by atoms with van der Waals surface area (Å²) in [6.07, 6.45) is 4.11. The van der Waals surface area contributed by atoms with Crippen molar-refractivity contribution in [3.8, 4) is 0 Å². The topological polar surface area (TPSA) is 31.2 Å². The zero-order valence-corrected chi connectivity index (χ0v) is 14.4. The van der Waals surface area contributed by atoms with Crippen LogP contribution in [0, 0.1) is 0 Å². The van der Waals surface area contributed by atoms with Crippen molar-refractivity contribution in [2.24, 2.45) is 10.2 Å². The van der Waals surface area contributed by atoms with Gasteiger partial charge in [0.1, 0.15) is 0 Å². The van der Waals surface area contributed by atoms with E-state index in [1.54, 1.807) is 0 Å². The molecular weight excluding hydrogens is 363 g/mol. The van der Waals surface area contributed by atoms with E-state index in [-0.39, 0.29) is 21.0 Å². The summed E-state index contributed by atoms with van der Waals surface area (Å²) in [6.45, 7) is 2.12. The average Bonchev–Trinajstić information content (AvgIpc) is 2.60. The zero-order chi connectivity index (χ0) is 14.5. The van der Waals surface area contributed by atoms with Gasteiger partial charge in [0.05, 0.1) is 11.4 Å². The van der Waals surface area contributed by atoms with E-state index in [4.69, 9.17) is 0 Å². The molecule has 2 rings (SSSR count). The van der Waals surface area contributed by atoms with Gasteiger partial charge in [0.15, 0.2) is 0 Å². The SMILES string of the molecule is CC1=CC=C(N=Nc2ccc(N(C)C)cc2)C=IN1C. The Morgan fingerprint density at radius 1 is 1.05 bits per heavy atom. The molecule has 1 aromatic rings. The number of benzene rings is 1. The smallest absolute Gasteiger partial charge is 0.0927 e. The Kier molecular flexibility index (Phi) is 5.05. The standard InChI is InChI=1S/C15H19IN4/c1-12-5-6-14(11-16-20(12)4)18-17-13-7-9-15(10-8-13)19(2)3/h5-11H,1-4H3. The van der Waals surface area contributed by atoms with E-state index in [0.29, 0.717) is 0 Å². The van der Waals surface area contributed by atoms with E-state index in [0.717, 1.165) is 17.1 Å². The highest BCUT2D eigenvalue weighted by Gasteiger charge is 2.00. The van der Waals surface area contributed by atoms with Gasteiger partial charge in [-0.1, -0.05) is 0 Å². The lowest BCUT2D eigenvalue weighted by Crippen LogP contribution is -2.07. The molecular formula is C15H19IN4. The largest absolute Gasteiger partial charge is 0.378 e. The van der Waals surface area contributed by atoms with Crippen LogP contribution in [0.5, 0.6) is 0 Å². The minimum absolute atomic E-state index is 0.141. The first-order valence-corrected chi connectivity index (χ1v) is 8.55. The summed E-state index contributed by atoms with van der Waals surface area (Å²) >= 11 is -0.141. The lowest BCUT2D eigenvalue weighted by atomic mass is 10.3. The predicted molar refractivity (Wildman–Crippen MR) is 95.0 cm³/mol. The molecule has 1 aromatic carbocycles. The van der Waals surface area contributed by atoms with E-state index in [1.807, 2.05) is 44.4 Å². The number of anilines is 1. The van der Waals surface area contributed by atoms with Gasteiger partial charge in [-0.25, -0.2) is 0 Å². The molecule has 20 heavy (non-hydrogen) atoms. The highest BCUT2D eigenvalue weighted by molar-refractivity contribution is 14.2. The highest BCUT2D eigenvalue weighted by Crippen LogP contribution is 2.21. The molecule has 0 fully saturated rings. The Morgan fingerprint density at radius 2 is 1.75 bits per heavy atom. The number of nitrogens with zero attached hydrogens (tertiary/aromatic N) is 4. The number of hydrogen-bond acceptors (Lipinski definition) is 4. The second-order valence-electron chi connectivity index (χ2n) is 4.69. The van der Waals surface area contributed by atoms with Gasteiger partial charge in [-0.2, -0.15) is 10.2 Å². The van der Waals surface area contributed by atoms with Gasteiger partial charge in [-0.05, 0) is 43.3 Å². The van der Waals surface area contributed by atoms with E-state index in [1.165, 1.54) is 5.70 Å². The number of azo groups is 1. The van der Waals surface area contributed by atoms with Gasteiger partial charge < -0.3 is 8.01 Å².